The Morgan fingerprint density at radius 3 is 2.31 bits per heavy atom. The summed E-state index contributed by atoms with van der Waals surface area (Å²) in [5, 5.41) is 17.5. The quantitative estimate of drug-likeness (QED) is 0.132. The number of primary amides is 1. The van der Waals surface area contributed by atoms with Crippen LogP contribution in [0.2, 0.25) is 0 Å². The number of nitrogens with two attached hydrogens (primary N) is 1. The third-order valence-corrected chi connectivity index (χ3v) is 8.61. The number of hydrogen-bond donors (Lipinski definition) is 5. The number of benzene rings is 2. The Morgan fingerprint density at radius 2 is 1.64 bits per heavy atom. The van der Waals surface area contributed by atoms with Crippen molar-refractivity contribution in [3.63, 3.8) is 0 Å². The summed E-state index contributed by atoms with van der Waals surface area (Å²) in [5.41, 5.74) is 6.83. The topological polar surface area (TPSA) is 184 Å². The number of nitrogens with one attached hydrogen (secondary N) is 3. The van der Waals surface area contributed by atoms with Gasteiger partial charge in [-0.15, -0.1) is 0 Å². The van der Waals surface area contributed by atoms with Crippen molar-refractivity contribution in [1.82, 2.24) is 24.6 Å². The highest BCUT2D eigenvalue weighted by Crippen LogP contribution is 2.14. The molecule has 0 aliphatic heterocycles. The smallest absolute Gasteiger partial charge is 0.279 e. The summed E-state index contributed by atoms with van der Waals surface area (Å²) in [6.45, 7) is 5.79. The minimum Gasteiger partial charge on any atom is -0.390 e. The number of nitrogens with zero attached hydrogens (tertiary/aromatic N) is 2. The fourth-order valence-corrected chi connectivity index (χ4v) is 6.18. The van der Waals surface area contributed by atoms with Crippen molar-refractivity contribution in [2.45, 2.75) is 64.6 Å². The molecular formula is C32H44N6O6S. The first kappa shape index (κ1) is 35.6. The Balaban J connectivity index is 1.84. The largest absolute Gasteiger partial charge is 0.390 e. The lowest BCUT2D eigenvalue weighted by Crippen LogP contribution is -2.57. The van der Waals surface area contributed by atoms with Gasteiger partial charge in [-0.25, -0.2) is 9.71 Å². The zero-order chi connectivity index (χ0) is 33.0. The van der Waals surface area contributed by atoms with Crippen LogP contribution in [0, 0.1) is 5.92 Å². The first-order valence-corrected chi connectivity index (χ1v) is 16.6. The van der Waals surface area contributed by atoms with Crippen molar-refractivity contribution in [1.29, 1.82) is 0 Å². The number of unbranched alkanes of at least 4 members (excludes halogenated alkanes) is 1. The van der Waals surface area contributed by atoms with E-state index in [9.17, 15) is 27.9 Å². The first-order valence-electron chi connectivity index (χ1n) is 15.1. The summed E-state index contributed by atoms with van der Waals surface area (Å²) in [6, 6.07) is 17.2. The minimum absolute atomic E-state index is 0.0407. The molecule has 6 N–H and O–H groups in total. The molecular weight excluding hydrogens is 596 g/mol. The summed E-state index contributed by atoms with van der Waals surface area (Å²) < 4.78 is 30.1. The van der Waals surface area contributed by atoms with Gasteiger partial charge >= 0.3 is 0 Å². The molecule has 3 aromatic rings. The van der Waals surface area contributed by atoms with Crippen LogP contribution in [0.3, 0.4) is 0 Å². The second-order valence-electron chi connectivity index (χ2n) is 11.4. The Bertz CT molecular complexity index is 1540. The average Bonchev–Trinajstić information content (AvgIpc) is 2.99. The van der Waals surface area contributed by atoms with Crippen LogP contribution in [0.1, 0.15) is 56.1 Å². The fourth-order valence-electron chi connectivity index (χ4n) is 4.75. The van der Waals surface area contributed by atoms with Crippen molar-refractivity contribution in [3.05, 3.63) is 78.0 Å². The summed E-state index contributed by atoms with van der Waals surface area (Å²) >= 11 is 0. The summed E-state index contributed by atoms with van der Waals surface area (Å²) in [4.78, 5) is 43.0. The van der Waals surface area contributed by atoms with E-state index in [4.69, 9.17) is 5.73 Å². The molecule has 1 unspecified atom stereocenters. The lowest BCUT2D eigenvalue weighted by molar-refractivity contribution is -0.128. The number of aromatic nitrogens is 1. The van der Waals surface area contributed by atoms with E-state index < -0.39 is 52.5 Å². The molecule has 0 bridgehead atoms. The zero-order valence-corrected chi connectivity index (χ0v) is 26.8. The highest BCUT2D eigenvalue weighted by atomic mass is 32.2. The van der Waals surface area contributed by atoms with E-state index in [2.05, 4.69) is 20.3 Å². The van der Waals surface area contributed by atoms with Gasteiger partial charge in [0.2, 0.25) is 11.8 Å². The van der Waals surface area contributed by atoms with E-state index in [0.29, 0.717) is 11.9 Å². The second kappa shape index (κ2) is 17.0. The third-order valence-electron chi connectivity index (χ3n) is 7.06. The number of carbonyl (C=O) groups is 3. The van der Waals surface area contributed by atoms with Crippen LogP contribution >= 0.6 is 0 Å². The minimum atomic E-state index is -3.93. The van der Waals surface area contributed by atoms with Crippen molar-refractivity contribution in [3.8, 4) is 0 Å². The summed E-state index contributed by atoms with van der Waals surface area (Å²) in [6.07, 6.45) is -0.237. The standard InChI is InChI=1S/C32H44N6O6S/c1-4-5-17-34-45(43,44)38(20-22(2)3)21-29(39)27(18-23-11-7-6-8-12-23)36-32(42)28(19-30(33)40)37-31(41)26-16-15-24-13-9-10-14-25(24)35-26/h6-16,22,27-29,34,39H,4-5,17-21H2,1-3H3,(H2,33,40)(H,36,42)(H,37,41)/t27-,28-,29?/m0/s1. The molecule has 12 nitrogen and oxygen atoms in total. The van der Waals surface area contributed by atoms with Gasteiger partial charge in [-0.1, -0.05) is 81.8 Å². The van der Waals surface area contributed by atoms with Gasteiger partial charge < -0.3 is 21.5 Å². The fraction of sp³-hybridized carbons (Fsp3) is 0.438. The lowest BCUT2D eigenvalue weighted by atomic mass is 10.00. The number of aliphatic hydroxyl groups is 1. The van der Waals surface area contributed by atoms with Crippen molar-refractivity contribution >= 4 is 38.8 Å². The van der Waals surface area contributed by atoms with Crippen molar-refractivity contribution in [2.24, 2.45) is 11.7 Å². The van der Waals surface area contributed by atoms with Gasteiger partial charge in [0.25, 0.3) is 16.1 Å². The van der Waals surface area contributed by atoms with Gasteiger partial charge in [0, 0.05) is 25.0 Å². The maximum atomic E-state index is 13.6. The predicted octanol–water partition coefficient (Wildman–Crippen LogP) is 1.89. The number of aliphatic hydroxyl groups excluding tert-OH is 1. The number of amides is 3. The number of carbonyl (C=O) groups excluding carboxylic acids is 3. The highest BCUT2D eigenvalue weighted by Gasteiger charge is 2.32. The van der Waals surface area contributed by atoms with Crippen LogP contribution in [-0.4, -0.2) is 78.4 Å². The van der Waals surface area contributed by atoms with Gasteiger partial charge in [-0.05, 0) is 36.5 Å². The van der Waals surface area contributed by atoms with Crippen LogP contribution in [0.15, 0.2) is 66.7 Å². The van der Waals surface area contributed by atoms with Gasteiger partial charge in [0.15, 0.2) is 0 Å². The second-order valence-corrected chi connectivity index (χ2v) is 13.2. The van der Waals surface area contributed by atoms with Crippen molar-refractivity contribution < 1.29 is 27.9 Å². The molecule has 0 radical (unpaired) electrons. The molecule has 0 aliphatic rings. The molecule has 13 heteroatoms. The molecule has 2 aromatic carbocycles. The SMILES string of the molecule is CCCCNS(=O)(=O)N(CC(C)C)CC(O)[C@H](Cc1ccccc1)NC(=O)[C@H](CC(N)=O)NC(=O)c1ccc2ccccc2n1. The van der Waals surface area contributed by atoms with Crippen LogP contribution in [-0.2, 0) is 26.2 Å². The average molecular weight is 641 g/mol. The molecule has 0 saturated heterocycles. The van der Waals surface area contributed by atoms with Crippen LogP contribution in [0.5, 0.6) is 0 Å². The molecule has 244 valence electrons. The van der Waals surface area contributed by atoms with Crippen LogP contribution < -0.4 is 21.1 Å². The number of pyridine rings is 1. The number of fused-ring (bicyclic) bond motifs is 1. The molecule has 3 rings (SSSR count). The predicted molar refractivity (Wildman–Crippen MR) is 173 cm³/mol. The summed E-state index contributed by atoms with van der Waals surface area (Å²) in [7, 11) is -3.93. The van der Waals surface area contributed by atoms with Crippen LogP contribution in [0.4, 0.5) is 0 Å². The van der Waals surface area contributed by atoms with Gasteiger partial charge in [0.1, 0.15) is 11.7 Å². The lowest BCUT2D eigenvalue weighted by Gasteiger charge is -2.31. The maximum Gasteiger partial charge on any atom is 0.279 e. The molecule has 0 aliphatic carbocycles. The Hall–Kier alpha value is -3.91. The van der Waals surface area contributed by atoms with E-state index in [0.717, 1.165) is 17.4 Å². The van der Waals surface area contributed by atoms with E-state index in [1.54, 1.807) is 30.3 Å². The van der Waals surface area contributed by atoms with E-state index >= 15 is 0 Å². The molecule has 45 heavy (non-hydrogen) atoms. The number of para-hydroxylation sites is 1. The van der Waals surface area contributed by atoms with Crippen LogP contribution in [0.25, 0.3) is 10.9 Å². The molecule has 1 heterocycles. The maximum absolute atomic E-state index is 13.6. The highest BCUT2D eigenvalue weighted by molar-refractivity contribution is 7.87. The Kier molecular flexibility index (Phi) is 13.4. The van der Waals surface area contributed by atoms with E-state index in [-0.39, 0.29) is 37.7 Å². The third kappa shape index (κ3) is 11.2. The van der Waals surface area contributed by atoms with Gasteiger partial charge in [0.05, 0.1) is 24.1 Å². The zero-order valence-electron chi connectivity index (χ0n) is 26.0. The molecule has 1 aromatic heterocycles. The molecule has 3 amide bonds. The number of hydrogen-bond acceptors (Lipinski definition) is 7. The first-order chi connectivity index (χ1) is 21.4. The van der Waals surface area contributed by atoms with Crippen molar-refractivity contribution in [2.75, 3.05) is 19.6 Å². The number of rotatable bonds is 18. The molecule has 0 fully saturated rings. The Labute approximate surface area is 265 Å². The summed E-state index contributed by atoms with van der Waals surface area (Å²) in [5.74, 6) is -2.31. The Morgan fingerprint density at radius 1 is 0.956 bits per heavy atom. The monoisotopic (exact) mass is 640 g/mol. The van der Waals surface area contributed by atoms with E-state index in [1.165, 1.54) is 10.4 Å². The van der Waals surface area contributed by atoms with Gasteiger partial charge in [-0.2, -0.15) is 12.7 Å². The molecule has 0 spiro atoms. The normalized spacial score (nSPS) is 13.8. The molecule has 3 atom stereocenters. The van der Waals surface area contributed by atoms with Gasteiger partial charge in [-0.3, -0.25) is 14.4 Å². The van der Waals surface area contributed by atoms with E-state index in [1.807, 2.05) is 51.1 Å². The molecule has 0 saturated carbocycles.